The quantitative estimate of drug-likeness (QED) is 0.845. The number of hydrogen-bond acceptors (Lipinski definition) is 4. The molecule has 0 radical (unpaired) electrons. The first-order chi connectivity index (χ1) is 13.0. The molecule has 6 heteroatoms. The van der Waals surface area contributed by atoms with Gasteiger partial charge in [-0.15, -0.1) is 0 Å². The molecule has 2 heterocycles. The predicted molar refractivity (Wildman–Crippen MR) is 104 cm³/mol. The number of amides is 2. The molecule has 1 saturated heterocycles. The van der Waals surface area contributed by atoms with Gasteiger partial charge in [0.05, 0.1) is 6.61 Å². The number of piperidine rings is 1. The fourth-order valence-corrected chi connectivity index (χ4v) is 3.66. The minimum absolute atomic E-state index is 0.202. The van der Waals surface area contributed by atoms with Gasteiger partial charge in [-0.3, -0.25) is 14.6 Å². The van der Waals surface area contributed by atoms with E-state index < -0.39 is 6.04 Å². The summed E-state index contributed by atoms with van der Waals surface area (Å²) < 4.78 is 0. The van der Waals surface area contributed by atoms with E-state index in [0.29, 0.717) is 19.0 Å². The lowest BCUT2D eigenvalue weighted by atomic mass is 9.86. The van der Waals surface area contributed by atoms with Crippen LogP contribution in [0.2, 0.25) is 0 Å². The van der Waals surface area contributed by atoms with Crippen LogP contribution < -0.4 is 5.32 Å². The molecule has 6 nitrogen and oxygen atoms in total. The summed E-state index contributed by atoms with van der Waals surface area (Å²) in [4.78, 5) is 30.5. The van der Waals surface area contributed by atoms with Gasteiger partial charge in [0.1, 0.15) is 6.04 Å². The van der Waals surface area contributed by atoms with Crippen LogP contribution in [0, 0.1) is 5.92 Å². The van der Waals surface area contributed by atoms with Gasteiger partial charge < -0.3 is 15.3 Å². The molecule has 1 aliphatic heterocycles. The number of aliphatic hydroxyl groups is 1. The van der Waals surface area contributed by atoms with Crippen LogP contribution in [0.3, 0.4) is 0 Å². The van der Waals surface area contributed by atoms with Crippen molar-refractivity contribution in [2.75, 3.05) is 19.7 Å². The number of nitrogens with one attached hydrogen (secondary N) is 1. The lowest BCUT2D eigenvalue weighted by Gasteiger charge is -2.34. The van der Waals surface area contributed by atoms with E-state index in [-0.39, 0.29) is 24.3 Å². The number of hydrogen-bond donors (Lipinski definition) is 2. The Labute approximate surface area is 159 Å². The third-order valence-corrected chi connectivity index (χ3v) is 5.28. The second-order valence-electron chi connectivity index (χ2n) is 7.44. The number of aromatic nitrogens is 1. The maximum atomic E-state index is 12.7. The SMILES string of the molecule is CC(C)C(=O)N[C@@H](CO)C(=O)N1CCC(c2cccc3cnccc23)CC1. The number of carbonyl (C=O) groups excluding carboxylic acids is 2. The number of aliphatic hydroxyl groups excluding tert-OH is 1. The minimum Gasteiger partial charge on any atom is -0.394 e. The van der Waals surface area contributed by atoms with Crippen molar-refractivity contribution >= 4 is 22.6 Å². The lowest BCUT2D eigenvalue weighted by molar-refractivity contribution is -0.139. The highest BCUT2D eigenvalue weighted by Crippen LogP contribution is 2.32. The normalized spacial score (nSPS) is 16.5. The van der Waals surface area contributed by atoms with Gasteiger partial charge in [-0.2, -0.15) is 0 Å². The number of pyridine rings is 1. The topological polar surface area (TPSA) is 82.5 Å². The molecule has 1 aromatic heterocycles. The van der Waals surface area contributed by atoms with E-state index in [1.165, 1.54) is 10.9 Å². The zero-order valence-electron chi connectivity index (χ0n) is 15.9. The molecule has 2 amide bonds. The number of fused-ring (bicyclic) bond motifs is 1. The molecule has 0 saturated carbocycles. The van der Waals surface area contributed by atoms with Crippen molar-refractivity contribution in [3.8, 4) is 0 Å². The molecule has 1 aliphatic rings. The Hall–Kier alpha value is -2.47. The maximum Gasteiger partial charge on any atom is 0.247 e. The standard InChI is InChI=1S/C21H27N3O3/c1-14(2)20(26)23-19(13-25)21(27)24-10-7-15(8-11-24)17-5-3-4-16-12-22-9-6-18(16)17/h3-6,9,12,14-15,19,25H,7-8,10-11,13H2,1-2H3,(H,23,26)/t19-/m0/s1. The van der Waals surface area contributed by atoms with Gasteiger partial charge in [0.15, 0.2) is 0 Å². The third-order valence-electron chi connectivity index (χ3n) is 5.28. The molecule has 0 bridgehead atoms. The summed E-state index contributed by atoms with van der Waals surface area (Å²) in [7, 11) is 0. The highest BCUT2D eigenvalue weighted by atomic mass is 16.3. The van der Waals surface area contributed by atoms with Crippen molar-refractivity contribution in [2.24, 2.45) is 5.92 Å². The molecule has 1 aromatic carbocycles. The van der Waals surface area contributed by atoms with E-state index in [4.69, 9.17) is 0 Å². The number of carbonyl (C=O) groups is 2. The van der Waals surface area contributed by atoms with Crippen LogP contribution in [0.1, 0.15) is 38.2 Å². The molecule has 2 aromatic rings. The second kappa shape index (κ2) is 8.48. The van der Waals surface area contributed by atoms with E-state index in [0.717, 1.165) is 18.2 Å². The molecular formula is C21H27N3O3. The maximum absolute atomic E-state index is 12.7. The van der Waals surface area contributed by atoms with Crippen molar-refractivity contribution in [1.29, 1.82) is 0 Å². The summed E-state index contributed by atoms with van der Waals surface area (Å²) >= 11 is 0. The van der Waals surface area contributed by atoms with Gasteiger partial charge in [0.2, 0.25) is 11.8 Å². The highest BCUT2D eigenvalue weighted by Gasteiger charge is 2.30. The van der Waals surface area contributed by atoms with E-state index in [9.17, 15) is 14.7 Å². The lowest BCUT2D eigenvalue weighted by Crippen LogP contribution is -2.53. The van der Waals surface area contributed by atoms with Crippen molar-refractivity contribution in [1.82, 2.24) is 15.2 Å². The van der Waals surface area contributed by atoms with Crippen molar-refractivity contribution in [3.05, 3.63) is 42.2 Å². The Morgan fingerprint density at radius 1 is 1.26 bits per heavy atom. The molecule has 0 spiro atoms. The Bertz CT molecular complexity index is 808. The van der Waals surface area contributed by atoms with Crippen LogP contribution in [0.25, 0.3) is 10.8 Å². The van der Waals surface area contributed by atoms with Crippen molar-refractivity contribution < 1.29 is 14.7 Å². The van der Waals surface area contributed by atoms with Crippen LogP contribution in [-0.4, -0.2) is 52.5 Å². The molecule has 0 unspecified atom stereocenters. The van der Waals surface area contributed by atoms with Crippen LogP contribution in [0.4, 0.5) is 0 Å². The summed E-state index contributed by atoms with van der Waals surface area (Å²) in [6, 6.07) is 7.46. The monoisotopic (exact) mass is 369 g/mol. The number of likely N-dealkylation sites (tertiary alicyclic amines) is 1. The van der Waals surface area contributed by atoms with E-state index in [1.54, 1.807) is 18.7 Å². The molecular weight excluding hydrogens is 342 g/mol. The van der Waals surface area contributed by atoms with E-state index in [2.05, 4.69) is 28.5 Å². The zero-order chi connectivity index (χ0) is 19.4. The molecule has 1 atom stereocenters. The first-order valence-corrected chi connectivity index (χ1v) is 9.54. The number of nitrogens with zero attached hydrogens (tertiary/aromatic N) is 2. The molecule has 0 aliphatic carbocycles. The molecule has 2 N–H and O–H groups in total. The van der Waals surface area contributed by atoms with Gasteiger partial charge >= 0.3 is 0 Å². The van der Waals surface area contributed by atoms with Crippen LogP contribution >= 0.6 is 0 Å². The zero-order valence-corrected chi connectivity index (χ0v) is 15.9. The highest BCUT2D eigenvalue weighted by molar-refractivity contribution is 5.88. The number of benzene rings is 1. The molecule has 1 fully saturated rings. The van der Waals surface area contributed by atoms with E-state index >= 15 is 0 Å². The smallest absolute Gasteiger partial charge is 0.247 e. The summed E-state index contributed by atoms with van der Waals surface area (Å²) in [5.41, 5.74) is 1.30. The van der Waals surface area contributed by atoms with E-state index in [1.807, 2.05) is 18.5 Å². The van der Waals surface area contributed by atoms with Crippen molar-refractivity contribution in [3.63, 3.8) is 0 Å². The van der Waals surface area contributed by atoms with Gasteiger partial charge in [-0.05, 0) is 35.8 Å². The minimum atomic E-state index is -0.861. The van der Waals surface area contributed by atoms with Crippen LogP contribution in [0.15, 0.2) is 36.7 Å². The van der Waals surface area contributed by atoms with Gasteiger partial charge in [-0.25, -0.2) is 0 Å². The van der Waals surface area contributed by atoms with Crippen molar-refractivity contribution in [2.45, 2.75) is 38.6 Å². The van der Waals surface area contributed by atoms with Gasteiger partial charge in [0.25, 0.3) is 0 Å². The Morgan fingerprint density at radius 2 is 2.00 bits per heavy atom. The number of rotatable bonds is 5. The summed E-state index contributed by atoms with van der Waals surface area (Å²) in [6.45, 7) is 4.39. The second-order valence-corrected chi connectivity index (χ2v) is 7.44. The van der Waals surface area contributed by atoms with Crippen LogP contribution in [0.5, 0.6) is 0 Å². The Kier molecular flexibility index (Phi) is 6.06. The first-order valence-electron chi connectivity index (χ1n) is 9.54. The average molecular weight is 369 g/mol. The van der Waals surface area contributed by atoms with Crippen LogP contribution in [-0.2, 0) is 9.59 Å². The Balaban J connectivity index is 1.66. The Morgan fingerprint density at radius 3 is 2.67 bits per heavy atom. The fraction of sp³-hybridized carbons (Fsp3) is 0.476. The fourth-order valence-electron chi connectivity index (χ4n) is 3.66. The molecule has 3 rings (SSSR count). The third kappa shape index (κ3) is 4.27. The van der Waals surface area contributed by atoms with Gasteiger partial charge in [-0.1, -0.05) is 32.0 Å². The first kappa shape index (κ1) is 19.3. The predicted octanol–water partition coefficient (Wildman–Crippen LogP) is 2.07. The average Bonchev–Trinajstić information content (AvgIpc) is 2.71. The molecule has 27 heavy (non-hydrogen) atoms. The summed E-state index contributed by atoms with van der Waals surface area (Å²) in [6.07, 6.45) is 5.42. The summed E-state index contributed by atoms with van der Waals surface area (Å²) in [5, 5.41) is 14.5. The summed E-state index contributed by atoms with van der Waals surface area (Å²) in [5.74, 6) is -0.259. The van der Waals surface area contributed by atoms with Gasteiger partial charge in [0, 0.05) is 36.8 Å². The largest absolute Gasteiger partial charge is 0.394 e. The molecule has 144 valence electrons.